The predicted octanol–water partition coefficient (Wildman–Crippen LogP) is 4.78. The summed E-state index contributed by atoms with van der Waals surface area (Å²) in [7, 11) is 0. The van der Waals surface area contributed by atoms with Crippen LogP contribution in [0.3, 0.4) is 0 Å². The molecule has 0 saturated heterocycles. The number of anilines is 2. The average molecular weight is 370 g/mol. The van der Waals surface area contributed by atoms with Crippen LogP contribution in [0.1, 0.15) is 35.2 Å². The number of hydrogen-bond donors (Lipinski definition) is 2. The van der Waals surface area contributed by atoms with Crippen molar-refractivity contribution in [2.45, 2.75) is 31.5 Å². The van der Waals surface area contributed by atoms with Crippen LogP contribution < -0.4 is 10.6 Å². The van der Waals surface area contributed by atoms with E-state index in [1.54, 1.807) is 24.3 Å². The highest BCUT2D eigenvalue weighted by atomic mass is 35.5. The molecule has 1 saturated carbocycles. The first-order valence-corrected chi connectivity index (χ1v) is 8.11. The molecule has 25 heavy (non-hydrogen) atoms. The number of carbonyl (C=O) groups is 1. The lowest BCUT2D eigenvalue weighted by Crippen LogP contribution is -2.40. The Morgan fingerprint density at radius 3 is 2.60 bits per heavy atom. The Hall–Kier alpha value is -2.28. The van der Waals surface area contributed by atoms with Gasteiger partial charge in [-0.2, -0.15) is 13.2 Å². The van der Waals surface area contributed by atoms with E-state index in [1.807, 2.05) is 0 Å². The van der Waals surface area contributed by atoms with Crippen molar-refractivity contribution in [3.63, 3.8) is 0 Å². The van der Waals surface area contributed by atoms with Crippen LogP contribution in [0.5, 0.6) is 0 Å². The Balaban J connectivity index is 1.88. The summed E-state index contributed by atoms with van der Waals surface area (Å²) in [6, 6.07) is 7.30. The summed E-state index contributed by atoms with van der Waals surface area (Å²) < 4.78 is 40.1. The summed E-state index contributed by atoms with van der Waals surface area (Å²) in [6.45, 7) is 0. The molecular formula is C17H15ClF3N3O. The van der Waals surface area contributed by atoms with Crippen molar-refractivity contribution < 1.29 is 18.0 Å². The Morgan fingerprint density at radius 1 is 1.24 bits per heavy atom. The Bertz CT molecular complexity index is 791. The van der Waals surface area contributed by atoms with Crippen LogP contribution in [-0.4, -0.2) is 16.9 Å². The lowest BCUT2D eigenvalue weighted by atomic mass is 9.93. The molecule has 1 heterocycles. The normalized spacial score (nSPS) is 14.7. The van der Waals surface area contributed by atoms with Crippen LogP contribution in [0.4, 0.5) is 24.7 Å². The minimum Gasteiger partial charge on any atom is -0.349 e. The molecule has 1 aliphatic rings. The summed E-state index contributed by atoms with van der Waals surface area (Å²) in [5, 5.41) is 5.81. The monoisotopic (exact) mass is 369 g/mol. The van der Waals surface area contributed by atoms with Crippen LogP contribution in [-0.2, 0) is 6.18 Å². The van der Waals surface area contributed by atoms with Crippen molar-refractivity contribution in [3.05, 3.63) is 52.7 Å². The first-order chi connectivity index (χ1) is 11.8. The number of rotatable bonds is 4. The summed E-state index contributed by atoms with van der Waals surface area (Å²) in [5.41, 5.74) is -1.00. The number of halogens is 4. The summed E-state index contributed by atoms with van der Waals surface area (Å²) in [4.78, 5) is 16.1. The van der Waals surface area contributed by atoms with Gasteiger partial charge in [0, 0.05) is 22.9 Å². The maximum atomic E-state index is 13.4. The van der Waals surface area contributed by atoms with E-state index in [1.165, 1.54) is 0 Å². The molecule has 1 fully saturated rings. The van der Waals surface area contributed by atoms with E-state index in [0.29, 0.717) is 10.7 Å². The molecule has 132 valence electrons. The van der Waals surface area contributed by atoms with E-state index in [9.17, 15) is 18.0 Å². The summed E-state index contributed by atoms with van der Waals surface area (Å²) >= 11 is 5.86. The van der Waals surface area contributed by atoms with Gasteiger partial charge >= 0.3 is 6.18 Å². The molecule has 0 spiro atoms. The lowest BCUT2D eigenvalue weighted by molar-refractivity contribution is -0.138. The average Bonchev–Trinajstić information content (AvgIpc) is 2.50. The number of benzene rings is 1. The van der Waals surface area contributed by atoms with Gasteiger partial charge in [-0.15, -0.1) is 0 Å². The highest BCUT2D eigenvalue weighted by Crippen LogP contribution is 2.34. The SMILES string of the molecule is O=C(NC1CCC1)c1cnc(Nc2cccc(Cl)c2)cc1C(F)(F)F. The van der Waals surface area contributed by atoms with Gasteiger partial charge in [-0.25, -0.2) is 4.98 Å². The van der Waals surface area contributed by atoms with Crippen molar-refractivity contribution in [3.8, 4) is 0 Å². The molecule has 2 aromatic rings. The van der Waals surface area contributed by atoms with Gasteiger partial charge in [0.05, 0.1) is 11.1 Å². The molecular weight excluding hydrogens is 355 g/mol. The molecule has 0 aliphatic heterocycles. The maximum absolute atomic E-state index is 13.4. The number of nitrogens with one attached hydrogen (secondary N) is 2. The Kier molecular flexibility index (Phi) is 4.85. The molecule has 1 aliphatic carbocycles. The van der Waals surface area contributed by atoms with Gasteiger partial charge in [0.2, 0.25) is 0 Å². The Morgan fingerprint density at radius 2 is 2.00 bits per heavy atom. The van der Waals surface area contributed by atoms with E-state index >= 15 is 0 Å². The lowest BCUT2D eigenvalue weighted by Gasteiger charge is -2.26. The van der Waals surface area contributed by atoms with Gasteiger partial charge in [0.15, 0.2) is 0 Å². The number of aromatic nitrogens is 1. The van der Waals surface area contributed by atoms with Crippen LogP contribution in [0.2, 0.25) is 5.02 Å². The van der Waals surface area contributed by atoms with E-state index in [-0.39, 0.29) is 11.9 Å². The smallest absolute Gasteiger partial charge is 0.349 e. The Labute approximate surface area is 147 Å². The minimum atomic E-state index is -4.67. The number of hydrogen-bond acceptors (Lipinski definition) is 3. The van der Waals surface area contributed by atoms with Gasteiger partial charge < -0.3 is 10.6 Å². The quantitative estimate of drug-likeness (QED) is 0.815. The fourth-order valence-electron chi connectivity index (χ4n) is 2.47. The highest BCUT2D eigenvalue weighted by molar-refractivity contribution is 6.30. The van der Waals surface area contributed by atoms with Crippen LogP contribution in [0.15, 0.2) is 36.5 Å². The number of alkyl halides is 3. The molecule has 1 amide bonds. The fraction of sp³-hybridized carbons (Fsp3) is 0.294. The molecule has 0 bridgehead atoms. The molecule has 8 heteroatoms. The standard InChI is InChI=1S/C17H15ClF3N3O/c18-10-3-1-6-12(7-10)23-15-8-14(17(19,20)21)13(9-22-15)16(25)24-11-4-2-5-11/h1,3,6-9,11H,2,4-5H2,(H,22,23)(H,24,25). The van der Waals surface area contributed by atoms with E-state index in [4.69, 9.17) is 11.6 Å². The molecule has 3 rings (SSSR count). The summed E-state index contributed by atoms with van der Waals surface area (Å²) in [6.07, 6.45) is -1.18. The summed E-state index contributed by atoms with van der Waals surface area (Å²) in [5.74, 6) is -0.770. The van der Waals surface area contributed by atoms with Crippen LogP contribution >= 0.6 is 11.6 Å². The maximum Gasteiger partial charge on any atom is 0.417 e. The van der Waals surface area contributed by atoms with E-state index in [0.717, 1.165) is 31.5 Å². The van der Waals surface area contributed by atoms with Crippen molar-refractivity contribution in [1.29, 1.82) is 0 Å². The van der Waals surface area contributed by atoms with E-state index in [2.05, 4.69) is 15.6 Å². The van der Waals surface area contributed by atoms with E-state index < -0.39 is 23.2 Å². The third-order valence-corrected chi connectivity index (χ3v) is 4.23. The van der Waals surface area contributed by atoms with Crippen LogP contribution in [0.25, 0.3) is 0 Å². The molecule has 0 unspecified atom stereocenters. The largest absolute Gasteiger partial charge is 0.417 e. The molecule has 4 nitrogen and oxygen atoms in total. The number of amides is 1. The van der Waals surface area contributed by atoms with Crippen molar-refractivity contribution >= 4 is 29.0 Å². The zero-order valence-electron chi connectivity index (χ0n) is 13.0. The number of pyridine rings is 1. The third kappa shape index (κ3) is 4.22. The zero-order valence-corrected chi connectivity index (χ0v) is 13.8. The fourth-order valence-corrected chi connectivity index (χ4v) is 2.66. The van der Waals surface area contributed by atoms with Crippen molar-refractivity contribution in [1.82, 2.24) is 10.3 Å². The molecule has 1 aromatic heterocycles. The van der Waals surface area contributed by atoms with Gasteiger partial charge in [0.1, 0.15) is 5.82 Å². The van der Waals surface area contributed by atoms with Crippen molar-refractivity contribution in [2.75, 3.05) is 5.32 Å². The number of nitrogens with zero attached hydrogens (tertiary/aromatic N) is 1. The van der Waals surface area contributed by atoms with Gasteiger partial charge in [-0.3, -0.25) is 4.79 Å². The van der Waals surface area contributed by atoms with Crippen molar-refractivity contribution in [2.24, 2.45) is 0 Å². The molecule has 0 atom stereocenters. The first kappa shape index (κ1) is 17.5. The molecule has 0 radical (unpaired) electrons. The zero-order chi connectivity index (χ0) is 18.0. The highest BCUT2D eigenvalue weighted by Gasteiger charge is 2.36. The van der Waals surface area contributed by atoms with Crippen LogP contribution in [0, 0.1) is 0 Å². The second kappa shape index (κ2) is 6.92. The third-order valence-electron chi connectivity index (χ3n) is 3.99. The van der Waals surface area contributed by atoms with Gasteiger partial charge in [-0.1, -0.05) is 17.7 Å². The van der Waals surface area contributed by atoms with Gasteiger partial charge in [-0.05, 0) is 43.5 Å². The predicted molar refractivity (Wildman–Crippen MR) is 89.1 cm³/mol. The second-order valence-corrected chi connectivity index (χ2v) is 6.29. The molecule has 2 N–H and O–H groups in total. The second-order valence-electron chi connectivity index (χ2n) is 5.85. The minimum absolute atomic E-state index is 0.0187. The number of carbonyl (C=O) groups excluding carboxylic acids is 1. The van der Waals surface area contributed by atoms with Gasteiger partial charge in [0.25, 0.3) is 5.91 Å². The molecule has 1 aromatic carbocycles. The topological polar surface area (TPSA) is 54.0 Å². The first-order valence-electron chi connectivity index (χ1n) is 7.73.